The molecule has 1 aromatic heterocycles. The molecule has 0 fully saturated rings. The molecule has 0 aliphatic carbocycles. The summed E-state index contributed by atoms with van der Waals surface area (Å²) in [6.45, 7) is 1.80. The highest BCUT2D eigenvalue weighted by Crippen LogP contribution is 2.19. The van der Waals surface area contributed by atoms with Crippen LogP contribution < -0.4 is 5.73 Å². The molecule has 0 saturated carbocycles. The molecule has 3 heteroatoms. The third kappa shape index (κ3) is 1.37. The fourth-order valence-corrected chi connectivity index (χ4v) is 1.48. The van der Waals surface area contributed by atoms with E-state index in [0.29, 0.717) is 0 Å². The van der Waals surface area contributed by atoms with Gasteiger partial charge in [-0.1, -0.05) is 0 Å². The molecule has 0 aromatic carbocycles. The van der Waals surface area contributed by atoms with Crippen molar-refractivity contribution in [1.82, 2.24) is 0 Å². The molecule has 1 heterocycles. The summed E-state index contributed by atoms with van der Waals surface area (Å²) in [5.74, 6) is 0. The molecular weight excluding hydrogens is 146 g/mol. The van der Waals surface area contributed by atoms with Gasteiger partial charge in [0.15, 0.2) is 0 Å². The van der Waals surface area contributed by atoms with Crippen molar-refractivity contribution in [3.05, 3.63) is 22.4 Å². The van der Waals surface area contributed by atoms with E-state index >= 15 is 0 Å². The van der Waals surface area contributed by atoms with Gasteiger partial charge >= 0.3 is 0 Å². The summed E-state index contributed by atoms with van der Waals surface area (Å²) in [6.07, 6.45) is 0. The van der Waals surface area contributed by atoms with Crippen LogP contribution >= 0.6 is 11.3 Å². The Bertz CT molecular complexity index is 193. The van der Waals surface area contributed by atoms with Gasteiger partial charge in [-0.3, -0.25) is 0 Å². The average Bonchev–Trinajstić information content (AvgIpc) is 2.38. The number of hydrogen-bond donors (Lipinski definition) is 2. The van der Waals surface area contributed by atoms with Crippen LogP contribution in [-0.2, 0) is 5.54 Å². The van der Waals surface area contributed by atoms with Crippen molar-refractivity contribution in [3.8, 4) is 0 Å². The zero-order chi connectivity index (χ0) is 7.61. The number of rotatable bonds is 2. The van der Waals surface area contributed by atoms with Crippen molar-refractivity contribution in [2.24, 2.45) is 5.73 Å². The minimum Gasteiger partial charge on any atom is -0.394 e. The highest BCUT2D eigenvalue weighted by Gasteiger charge is 2.19. The second kappa shape index (κ2) is 2.70. The van der Waals surface area contributed by atoms with E-state index in [1.807, 2.05) is 23.8 Å². The highest BCUT2D eigenvalue weighted by molar-refractivity contribution is 7.08. The Kier molecular flexibility index (Phi) is 2.08. The quantitative estimate of drug-likeness (QED) is 0.670. The molecule has 56 valence electrons. The summed E-state index contributed by atoms with van der Waals surface area (Å²) in [5.41, 5.74) is 6.17. The Morgan fingerprint density at radius 3 is 2.90 bits per heavy atom. The molecular formula is C7H11NOS. The smallest absolute Gasteiger partial charge is 0.0650 e. The topological polar surface area (TPSA) is 46.2 Å². The molecule has 1 aromatic rings. The molecule has 0 aliphatic heterocycles. The van der Waals surface area contributed by atoms with Gasteiger partial charge in [0, 0.05) is 0 Å². The maximum Gasteiger partial charge on any atom is 0.0650 e. The van der Waals surface area contributed by atoms with Gasteiger partial charge in [-0.05, 0) is 29.3 Å². The van der Waals surface area contributed by atoms with Gasteiger partial charge in [0.05, 0.1) is 12.1 Å². The van der Waals surface area contributed by atoms with Crippen LogP contribution in [0.25, 0.3) is 0 Å². The Morgan fingerprint density at radius 1 is 1.80 bits per heavy atom. The molecule has 0 unspecified atom stereocenters. The third-order valence-electron chi connectivity index (χ3n) is 1.51. The van der Waals surface area contributed by atoms with E-state index in [2.05, 4.69) is 0 Å². The number of hydrogen-bond acceptors (Lipinski definition) is 3. The lowest BCUT2D eigenvalue weighted by Crippen LogP contribution is -2.36. The lowest BCUT2D eigenvalue weighted by Gasteiger charge is -2.19. The van der Waals surface area contributed by atoms with Crippen LogP contribution in [0.4, 0.5) is 0 Å². The first-order chi connectivity index (χ1) is 4.67. The molecule has 0 radical (unpaired) electrons. The van der Waals surface area contributed by atoms with Crippen LogP contribution in [0.3, 0.4) is 0 Å². The first-order valence-electron chi connectivity index (χ1n) is 3.09. The fourth-order valence-electron chi connectivity index (χ4n) is 0.681. The first kappa shape index (κ1) is 7.72. The van der Waals surface area contributed by atoms with Gasteiger partial charge in [0.25, 0.3) is 0 Å². The Hall–Kier alpha value is -0.380. The fraction of sp³-hybridized carbons (Fsp3) is 0.429. The minimum absolute atomic E-state index is 0.0102. The van der Waals surface area contributed by atoms with E-state index in [4.69, 9.17) is 10.8 Å². The van der Waals surface area contributed by atoms with Crippen molar-refractivity contribution < 1.29 is 5.11 Å². The van der Waals surface area contributed by atoms with Crippen molar-refractivity contribution in [2.45, 2.75) is 12.5 Å². The predicted molar refractivity (Wildman–Crippen MR) is 42.9 cm³/mol. The zero-order valence-corrected chi connectivity index (χ0v) is 6.69. The van der Waals surface area contributed by atoms with Gasteiger partial charge in [0.2, 0.25) is 0 Å². The Balaban J connectivity index is 2.85. The zero-order valence-electron chi connectivity index (χ0n) is 5.87. The molecule has 0 spiro atoms. The van der Waals surface area contributed by atoms with E-state index in [1.54, 1.807) is 11.3 Å². The number of nitrogens with two attached hydrogens (primary N) is 1. The molecule has 0 bridgehead atoms. The van der Waals surface area contributed by atoms with Gasteiger partial charge in [0.1, 0.15) is 0 Å². The summed E-state index contributed by atoms with van der Waals surface area (Å²) >= 11 is 1.59. The molecule has 0 aliphatic rings. The summed E-state index contributed by atoms with van der Waals surface area (Å²) in [7, 11) is 0. The number of thiophene rings is 1. The monoisotopic (exact) mass is 157 g/mol. The summed E-state index contributed by atoms with van der Waals surface area (Å²) in [6, 6.07) is 1.93. The lowest BCUT2D eigenvalue weighted by atomic mass is 9.98. The molecule has 10 heavy (non-hydrogen) atoms. The maximum absolute atomic E-state index is 8.85. The number of aliphatic hydroxyl groups is 1. The average molecular weight is 157 g/mol. The third-order valence-corrected chi connectivity index (χ3v) is 2.19. The molecule has 3 N–H and O–H groups in total. The second-order valence-corrected chi connectivity index (χ2v) is 3.37. The maximum atomic E-state index is 8.85. The highest BCUT2D eigenvalue weighted by atomic mass is 32.1. The van der Waals surface area contributed by atoms with Crippen molar-refractivity contribution in [1.29, 1.82) is 0 Å². The van der Waals surface area contributed by atoms with Crippen LogP contribution in [0.15, 0.2) is 16.8 Å². The van der Waals surface area contributed by atoms with E-state index in [9.17, 15) is 0 Å². The Morgan fingerprint density at radius 2 is 2.50 bits per heavy atom. The van der Waals surface area contributed by atoms with E-state index in [-0.39, 0.29) is 6.61 Å². The van der Waals surface area contributed by atoms with Gasteiger partial charge in [-0.2, -0.15) is 11.3 Å². The van der Waals surface area contributed by atoms with Crippen LogP contribution in [0.5, 0.6) is 0 Å². The standard InChI is InChI=1S/C7H11NOS/c1-7(8,5-9)6-2-3-10-4-6/h2-4,9H,5,8H2,1H3/t7-/m1/s1. The minimum atomic E-state index is -0.569. The van der Waals surface area contributed by atoms with Crippen LogP contribution in [-0.4, -0.2) is 11.7 Å². The summed E-state index contributed by atoms with van der Waals surface area (Å²) in [4.78, 5) is 0. The molecule has 0 saturated heterocycles. The van der Waals surface area contributed by atoms with Gasteiger partial charge in [-0.15, -0.1) is 0 Å². The normalized spacial score (nSPS) is 16.7. The Labute approximate surface area is 64.3 Å². The van der Waals surface area contributed by atoms with Crippen LogP contribution in [0.2, 0.25) is 0 Å². The lowest BCUT2D eigenvalue weighted by molar-refractivity contribution is 0.210. The van der Waals surface area contributed by atoms with Crippen molar-refractivity contribution in [2.75, 3.05) is 6.61 Å². The van der Waals surface area contributed by atoms with Crippen LogP contribution in [0.1, 0.15) is 12.5 Å². The molecule has 1 atom stereocenters. The predicted octanol–water partition coefficient (Wildman–Crippen LogP) is 0.914. The summed E-state index contributed by atoms with van der Waals surface area (Å²) in [5, 5.41) is 12.8. The molecule has 2 nitrogen and oxygen atoms in total. The first-order valence-corrected chi connectivity index (χ1v) is 4.03. The largest absolute Gasteiger partial charge is 0.394 e. The van der Waals surface area contributed by atoms with Crippen LogP contribution in [0, 0.1) is 0 Å². The molecule has 0 amide bonds. The summed E-state index contributed by atoms with van der Waals surface area (Å²) < 4.78 is 0. The number of aliphatic hydroxyl groups excluding tert-OH is 1. The van der Waals surface area contributed by atoms with E-state index in [0.717, 1.165) is 5.56 Å². The molecule has 1 rings (SSSR count). The second-order valence-electron chi connectivity index (χ2n) is 2.59. The van der Waals surface area contributed by atoms with Gasteiger partial charge in [-0.25, -0.2) is 0 Å². The SMILES string of the molecule is C[C@@](N)(CO)c1ccsc1. The van der Waals surface area contributed by atoms with Gasteiger partial charge < -0.3 is 10.8 Å². The van der Waals surface area contributed by atoms with Crippen molar-refractivity contribution >= 4 is 11.3 Å². The van der Waals surface area contributed by atoms with Crippen molar-refractivity contribution in [3.63, 3.8) is 0 Å². The van der Waals surface area contributed by atoms with E-state index in [1.165, 1.54) is 0 Å². The van der Waals surface area contributed by atoms with E-state index < -0.39 is 5.54 Å².